The van der Waals surface area contributed by atoms with Gasteiger partial charge in [-0.1, -0.05) is 32.9 Å². The molecule has 0 unspecified atom stereocenters. The summed E-state index contributed by atoms with van der Waals surface area (Å²) < 4.78 is 5.63. The fourth-order valence-electron chi connectivity index (χ4n) is 4.18. The molecule has 0 radical (unpaired) electrons. The molecule has 188 valence electrons. The van der Waals surface area contributed by atoms with Crippen molar-refractivity contribution in [2.45, 2.75) is 46.1 Å². The molecule has 3 rings (SSSR count). The number of ketones is 1. The van der Waals surface area contributed by atoms with Gasteiger partial charge in [0.15, 0.2) is 5.78 Å². The van der Waals surface area contributed by atoms with Gasteiger partial charge in [0.2, 0.25) is 0 Å². The molecular formula is C26H32BrN3O5. The maximum Gasteiger partial charge on any atom is 0.307 e. The number of halogens is 1. The number of rotatable bonds is 8. The number of benzene rings is 2. The highest BCUT2D eigenvalue weighted by Crippen LogP contribution is 2.31. The van der Waals surface area contributed by atoms with E-state index in [1.807, 2.05) is 27.7 Å². The van der Waals surface area contributed by atoms with Crippen LogP contribution in [0.3, 0.4) is 0 Å². The number of amidine groups is 1. The smallest absolute Gasteiger partial charge is 0.307 e. The van der Waals surface area contributed by atoms with Gasteiger partial charge in [0, 0.05) is 24.7 Å². The van der Waals surface area contributed by atoms with E-state index in [9.17, 15) is 19.5 Å². The summed E-state index contributed by atoms with van der Waals surface area (Å²) in [4.78, 5) is 38.4. The average molecular weight is 546 g/mol. The Morgan fingerprint density at radius 3 is 2.43 bits per heavy atom. The van der Waals surface area contributed by atoms with Crippen LogP contribution in [0.2, 0.25) is 0 Å². The second-order valence-electron chi connectivity index (χ2n) is 9.34. The van der Waals surface area contributed by atoms with Crippen LogP contribution in [-0.4, -0.2) is 53.7 Å². The molecule has 0 atom stereocenters. The van der Waals surface area contributed by atoms with Gasteiger partial charge in [-0.05, 0) is 47.2 Å². The lowest BCUT2D eigenvalue weighted by atomic mass is 9.81. The summed E-state index contributed by atoms with van der Waals surface area (Å²) in [5.41, 5.74) is 3.42. The number of fused-ring (bicyclic) bond motifs is 1. The van der Waals surface area contributed by atoms with Crippen molar-refractivity contribution in [2.75, 3.05) is 20.2 Å². The Kier molecular flexibility index (Phi) is 8.84. The van der Waals surface area contributed by atoms with Crippen LogP contribution in [0.4, 0.5) is 0 Å². The molecule has 0 spiro atoms. The number of nitrogens with one attached hydrogen (secondary N) is 2. The Morgan fingerprint density at radius 2 is 1.86 bits per heavy atom. The van der Waals surface area contributed by atoms with Gasteiger partial charge in [-0.15, -0.1) is 17.0 Å². The van der Waals surface area contributed by atoms with Crippen LogP contribution in [0.5, 0.6) is 5.75 Å². The summed E-state index contributed by atoms with van der Waals surface area (Å²) in [6.45, 7) is 8.53. The quantitative estimate of drug-likeness (QED) is 0.431. The lowest BCUT2D eigenvalue weighted by Gasteiger charge is -2.24. The maximum absolute atomic E-state index is 13.2. The van der Waals surface area contributed by atoms with E-state index in [4.69, 9.17) is 10.1 Å². The van der Waals surface area contributed by atoms with Crippen molar-refractivity contribution in [3.63, 3.8) is 0 Å². The van der Waals surface area contributed by atoms with Crippen molar-refractivity contribution in [3.8, 4) is 5.75 Å². The number of carbonyl (C=O) groups excluding carboxylic acids is 2. The summed E-state index contributed by atoms with van der Waals surface area (Å²) in [5.74, 6) is -0.762. The van der Waals surface area contributed by atoms with Gasteiger partial charge in [0.25, 0.3) is 5.91 Å². The highest BCUT2D eigenvalue weighted by Gasteiger charge is 2.30. The number of nitrogens with zero attached hydrogens (tertiary/aromatic N) is 1. The monoisotopic (exact) mass is 545 g/mol. The van der Waals surface area contributed by atoms with Gasteiger partial charge >= 0.3 is 5.97 Å². The van der Waals surface area contributed by atoms with E-state index in [2.05, 4.69) is 5.32 Å². The molecule has 0 aliphatic carbocycles. The van der Waals surface area contributed by atoms with Crippen molar-refractivity contribution in [2.24, 2.45) is 0 Å². The summed E-state index contributed by atoms with van der Waals surface area (Å²) >= 11 is 0. The average Bonchev–Trinajstić information content (AvgIpc) is 3.06. The third-order valence-electron chi connectivity index (χ3n) is 5.83. The van der Waals surface area contributed by atoms with Crippen LogP contribution in [-0.2, 0) is 23.2 Å². The van der Waals surface area contributed by atoms with E-state index < -0.39 is 5.97 Å². The summed E-state index contributed by atoms with van der Waals surface area (Å²) in [5, 5.41) is 20.4. The third kappa shape index (κ3) is 6.08. The van der Waals surface area contributed by atoms with Gasteiger partial charge in [0.05, 0.1) is 25.1 Å². The molecular weight excluding hydrogens is 514 g/mol. The summed E-state index contributed by atoms with van der Waals surface area (Å²) in [7, 11) is 1.54. The van der Waals surface area contributed by atoms with E-state index in [0.717, 1.165) is 11.1 Å². The van der Waals surface area contributed by atoms with Gasteiger partial charge in [-0.3, -0.25) is 19.8 Å². The SMILES string of the molecule is Br.CCOc1cc2c(cc1C(=O)NC)C(=N)N(CC(=O)c1ccc(CC(=O)O)c(C(C)(C)C)c1)C2. The number of carboxylic acid groups (broad SMARTS) is 1. The van der Waals surface area contributed by atoms with Crippen molar-refractivity contribution in [1.29, 1.82) is 5.41 Å². The molecule has 0 aromatic heterocycles. The topological polar surface area (TPSA) is 120 Å². The molecule has 2 aromatic carbocycles. The number of Topliss-reactive ketones (excluding diaryl/α,β-unsaturated/α-hetero) is 1. The lowest BCUT2D eigenvalue weighted by Crippen LogP contribution is -2.30. The lowest BCUT2D eigenvalue weighted by molar-refractivity contribution is -0.136. The Balaban J connectivity index is 0.00000432. The Labute approximate surface area is 215 Å². The van der Waals surface area contributed by atoms with Gasteiger partial charge < -0.3 is 20.1 Å². The maximum atomic E-state index is 13.2. The number of amides is 1. The predicted octanol–water partition coefficient (Wildman–Crippen LogP) is 3.97. The molecule has 1 amide bonds. The van der Waals surface area contributed by atoms with Crippen molar-refractivity contribution in [1.82, 2.24) is 10.2 Å². The standard InChI is InChI=1S/C26H31N3O5.BrH/c1-6-34-22-10-17-13-29(24(27)18(17)12-19(22)25(33)28-5)14-21(30)16-8-7-15(11-23(31)32)20(9-16)26(2,3)4;/h7-10,12,27H,6,11,13-14H2,1-5H3,(H,28,33)(H,31,32);1H. The molecule has 2 aromatic rings. The van der Waals surface area contributed by atoms with E-state index >= 15 is 0 Å². The van der Waals surface area contributed by atoms with Crippen LogP contribution < -0.4 is 10.1 Å². The van der Waals surface area contributed by atoms with Gasteiger partial charge in [0.1, 0.15) is 11.6 Å². The van der Waals surface area contributed by atoms with Crippen molar-refractivity contribution in [3.05, 3.63) is 63.7 Å². The fraction of sp³-hybridized carbons (Fsp3) is 0.385. The van der Waals surface area contributed by atoms with E-state index in [-0.39, 0.29) is 52.9 Å². The number of aliphatic carboxylic acids is 1. The minimum atomic E-state index is -0.921. The largest absolute Gasteiger partial charge is 0.493 e. The van der Waals surface area contributed by atoms with Crippen molar-refractivity contribution >= 4 is 40.5 Å². The van der Waals surface area contributed by atoms with Crippen LogP contribution in [0, 0.1) is 5.41 Å². The molecule has 1 aliphatic rings. The zero-order valence-corrected chi connectivity index (χ0v) is 22.4. The summed E-state index contributed by atoms with van der Waals surface area (Å²) in [6.07, 6.45) is -0.108. The fourth-order valence-corrected chi connectivity index (χ4v) is 4.18. The molecule has 0 bridgehead atoms. The van der Waals surface area contributed by atoms with E-state index in [0.29, 0.717) is 41.2 Å². The van der Waals surface area contributed by atoms with Crippen LogP contribution in [0.25, 0.3) is 0 Å². The highest BCUT2D eigenvalue weighted by molar-refractivity contribution is 8.93. The second-order valence-corrected chi connectivity index (χ2v) is 9.34. The molecule has 0 fully saturated rings. The van der Waals surface area contributed by atoms with Crippen LogP contribution in [0.1, 0.15) is 70.7 Å². The first-order valence-electron chi connectivity index (χ1n) is 11.2. The molecule has 0 saturated carbocycles. The number of hydrogen-bond acceptors (Lipinski definition) is 5. The first kappa shape index (κ1) is 28.0. The first-order chi connectivity index (χ1) is 16.0. The normalized spacial score (nSPS) is 12.6. The van der Waals surface area contributed by atoms with Gasteiger partial charge in [-0.25, -0.2) is 0 Å². The van der Waals surface area contributed by atoms with Crippen LogP contribution >= 0.6 is 17.0 Å². The number of hydrogen-bond donors (Lipinski definition) is 3. The van der Waals surface area contributed by atoms with E-state index in [1.165, 1.54) is 7.05 Å². The summed E-state index contributed by atoms with van der Waals surface area (Å²) in [6, 6.07) is 8.53. The zero-order valence-electron chi connectivity index (χ0n) is 20.7. The Morgan fingerprint density at radius 1 is 1.17 bits per heavy atom. The minimum Gasteiger partial charge on any atom is -0.493 e. The zero-order chi connectivity index (χ0) is 25.2. The molecule has 9 heteroatoms. The Bertz CT molecular complexity index is 1170. The first-order valence-corrected chi connectivity index (χ1v) is 11.2. The molecule has 1 heterocycles. The molecule has 3 N–H and O–H groups in total. The number of ether oxygens (including phenoxy) is 1. The predicted molar refractivity (Wildman–Crippen MR) is 139 cm³/mol. The molecule has 1 aliphatic heterocycles. The molecule has 8 nitrogen and oxygen atoms in total. The van der Waals surface area contributed by atoms with E-state index in [1.54, 1.807) is 35.2 Å². The van der Waals surface area contributed by atoms with Crippen molar-refractivity contribution < 1.29 is 24.2 Å². The van der Waals surface area contributed by atoms with Gasteiger partial charge in [-0.2, -0.15) is 0 Å². The van der Waals surface area contributed by atoms with Crippen LogP contribution in [0.15, 0.2) is 30.3 Å². The highest BCUT2D eigenvalue weighted by atomic mass is 79.9. The number of carboxylic acids is 1. The second kappa shape index (κ2) is 11.0. The Hall–Kier alpha value is -3.20. The third-order valence-corrected chi connectivity index (χ3v) is 5.83. The minimum absolute atomic E-state index is 0. The number of carbonyl (C=O) groups is 3. The molecule has 35 heavy (non-hydrogen) atoms. The molecule has 0 saturated heterocycles.